The molecule has 31 heavy (non-hydrogen) atoms. The second-order valence-corrected chi connectivity index (χ2v) is 7.68. The minimum atomic E-state index is -0.318. The summed E-state index contributed by atoms with van der Waals surface area (Å²) in [5, 5.41) is 3.53. The normalized spacial score (nSPS) is 10.8. The zero-order valence-corrected chi connectivity index (χ0v) is 17.3. The summed E-state index contributed by atoms with van der Waals surface area (Å²) in [7, 11) is 0. The van der Waals surface area contributed by atoms with Gasteiger partial charge in [-0.2, -0.15) is 0 Å². The van der Waals surface area contributed by atoms with Crippen molar-refractivity contribution in [1.82, 2.24) is 14.9 Å². The molecule has 4 rings (SSSR count). The van der Waals surface area contributed by atoms with E-state index in [0.717, 1.165) is 11.8 Å². The number of hydrogen-bond acceptors (Lipinski definition) is 6. The first kappa shape index (κ1) is 20.6. The molecule has 2 aromatic carbocycles. The number of furan rings is 1. The monoisotopic (exact) mass is 433 g/mol. The zero-order valence-electron chi connectivity index (χ0n) is 16.5. The van der Waals surface area contributed by atoms with Gasteiger partial charge in [0.1, 0.15) is 5.76 Å². The number of hydrogen-bond donors (Lipinski definition) is 1. The summed E-state index contributed by atoms with van der Waals surface area (Å²) in [5.74, 6) is 0.142. The molecule has 0 unspecified atom stereocenters. The minimum absolute atomic E-state index is 0.0189. The Kier molecular flexibility index (Phi) is 6.28. The number of carbonyl (C=O) groups excluding carboxylic acids is 2. The predicted octanol–water partition coefficient (Wildman–Crippen LogP) is 3.13. The maximum Gasteiger partial charge on any atom is 0.262 e. The molecule has 0 aliphatic rings. The van der Waals surface area contributed by atoms with Gasteiger partial charge in [0.05, 0.1) is 36.0 Å². The highest BCUT2D eigenvalue weighted by molar-refractivity contribution is 7.99. The maximum atomic E-state index is 13.0. The molecule has 0 radical (unpaired) electrons. The Morgan fingerprint density at radius 1 is 1.00 bits per heavy atom. The summed E-state index contributed by atoms with van der Waals surface area (Å²) in [6.45, 7) is 0.119. The van der Waals surface area contributed by atoms with Crippen LogP contribution in [0.2, 0.25) is 0 Å². The molecule has 1 N–H and O–H groups in total. The van der Waals surface area contributed by atoms with Crippen LogP contribution in [0, 0.1) is 0 Å². The molecule has 0 aliphatic carbocycles. The third kappa shape index (κ3) is 4.92. The Morgan fingerprint density at radius 2 is 1.77 bits per heavy atom. The molecule has 2 heterocycles. The van der Waals surface area contributed by atoms with Gasteiger partial charge in [-0.1, -0.05) is 54.2 Å². The number of para-hydroxylation sites is 1. The van der Waals surface area contributed by atoms with Crippen LogP contribution in [0.5, 0.6) is 0 Å². The smallest absolute Gasteiger partial charge is 0.262 e. The summed E-state index contributed by atoms with van der Waals surface area (Å²) in [5.41, 5.74) is 0.897. The average Bonchev–Trinajstić information content (AvgIpc) is 3.32. The van der Waals surface area contributed by atoms with E-state index in [1.54, 1.807) is 60.9 Å². The molecular weight excluding hydrogens is 414 g/mol. The molecule has 0 spiro atoms. The van der Waals surface area contributed by atoms with E-state index in [9.17, 15) is 14.4 Å². The number of aromatic nitrogens is 2. The average molecular weight is 433 g/mol. The summed E-state index contributed by atoms with van der Waals surface area (Å²) < 4.78 is 6.87. The number of nitrogens with one attached hydrogen (secondary N) is 1. The lowest BCUT2D eigenvalue weighted by Gasteiger charge is -2.12. The first-order valence-corrected chi connectivity index (χ1v) is 10.6. The van der Waals surface area contributed by atoms with Gasteiger partial charge in [0.25, 0.3) is 5.56 Å². The highest BCUT2D eigenvalue weighted by Crippen LogP contribution is 2.19. The summed E-state index contributed by atoms with van der Waals surface area (Å²) in [4.78, 5) is 42.1. The summed E-state index contributed by atoms with van der Waals surface area (Å²) in [6, 6.07) is 19.4. The summed E-state index contributed by atoms with van der Waals surface area (Å²) >= 11 is 1.14. The third-order valence-corrected chi connectivity index (χ3v) is 5.57. The maximum absolute atomic E-state index is 13.0. The fraction of sp³-hybridized carbons (Fsp3) is 0.130. The van der Waals surface area contributed by atoms with Crippen LogP contribution in [0.3, 0.4) is 0 Å². The highest BCUT2D eigenvalue weighted by atomic mass is 32.2. The van der Waals surface area contributed by atoms with Gasteiger partial charge in [0.2, 0.25) is 5.91 Å². The summed E-state index contributed by atoms with van der Waals surface area (Å²) in [6.07, 6.45) is 1.54. The van der Waals surface area contributed by atoms with Crippen LogP contribution in [-0.4, -0.2) is 33.5 Å². The van der Waals surface area contributed by atoms with E-state index >= 15 is 0 Å². The van der Waals surface area contributed by atoms with Gasteiger partial charge in [0.15, 0.2) is 10.9 Å². The van der Waals surface area contributed by atoms with E-state index in [0.29, 0.717) is 27.4 Å². The van der Waals surface area contributed by atoms with Crippen LogP contribution in [-0.2, 0) is 11.3 Å². The van der Waals surface area contributed by atoms with E-state index in [1.807, 2.05) is 12.1 Å². The Labute approximate surface area is 182 Å². The molecule has 0 atom stereocenters. The minimum Gasteiger partial charge on any atom is -0.467 e. The number of fused-ring (bicyclic) bond motifs is 1. The van der Waals surface area contributed by atoms with E-state index in [-0.39, 0.29) is 36.1 Å². The van der Waals surface area contributed by atoms with Crippen LogP contribution in [0.1, 0.15) is 16.1 Å². The van der Waals surface area contributed by atoms with Crippen LogP contribution in [0.4, 0.5) is 0 Å². The number of thioether (sulfide) groups is 1. The molecule has 8 heteroatoms. The largest absolute Gasteiger partial charge is 0.467 e. The van der Waals surface area contributed by atoms with Crippen LogP contribution < -0.4 is 10.9 Å². The van der Waals surface area contributed by atoms with Gasteiger partial charge >= 0.3 is 0 Å². The van der Waals surface area contributed by atoms with Gasteiger partial charge in [0, 0.05) is 5.56 Å². The molecular formula is C23H19N3O4S. The van der Waals surface area contributed by atoms with Crippen LogP contribution in [0.15, 0.2) is 87.4 Å². The lowest BCUT2D eigenvalue weighted by molar-refractivity contribution is -0.118. The van der Waals surface area contributed by atoms with E-state index < -0.39 is 0 Å². The van der Waals surface area contributed by atoms with Crippen molar-refractivity contribution in [3.63, 3.8) is 0 Å². The van der Waals surface area contributed by atoms with Gasteiger partial charge in [-0.25, -0.2) is 4.98 Å². The van der Waals surface area contributed by atoms with E-state index in [1.165, 1.54) is 4.57 Å². The van der Waals surface area contributed by atoms with Crippen LogP contribution in [0.25, 0.3) is 10.9 Å². The number of nitrogens with zero attached hydrogens (tertiary/aromatic N) is 2. The van der Waals surface area contributed by atoms with Gasteiger partial charge in [-0.05, 0) is 24.3 Å². The fourth-order valence-corrected chi connectivity index (χ4v) is 3.87. The number of Topliss-reactive ketones (excluding diaryl/α,β-unsaturated/α-hetero) is 1. The molecule has 0 fully saturated rings. The van der Waals surface area contributed by atoms with E-state index in [2.05, 4.69) is 10.3 Å². The number of carbonyl (C=O) groups is 2. The Hall–Kier alpha value is -3.65. The zero-order chi connectivity index (χ0) is 21.6. The van der Waals surface area contributed by atoms with Gasteiger partial charge in [-0.3, -0.25) is 19.0 Å². The molecule has 7 nitrogen and oxygen atoms in total. The van der Waals surface area contributed by atoms with Crippen molar-refractivity contribution >= 4 is 34.4 Å². The van der Waals surface area contributed by atoms with Crippen molar-refractivity contribution < 1.29 is 14.0 Å². The SMILES string of the molecule is O=C(CSc1nc2ccccc2c(=O)n1Cc1ccco1)NCC(=O)c1ccccc1. The van der Waals surface area contributed by atoms with Crippen molar-refractivity contribution in [2.24, 2.45) is 0 Å². The van der Waals surface area contributed by atoms with Crippen molar-refractivity contribution in [2.45, 2.75) is 11.7 Å². The van der Waals surface area contributed by atoms with Crippen molar-refractivity contribution in [1.29, 1.82) is 0 Å². The predicted molar refractivity (Wildman–Crippen MR) is 118 cm³/mol. The molecule has 0 saturated heterocycles. The lowest BCUT2D eigenvalue weighted by atomic mass is 10.1. The number of benzene rings is 2. The second-order valence-electron chi connectivity index (χ2n) is 6.74. The van der Waals surface area contributed by atoms with Gasteiger partial charge in [-0.15, -0.1) is 0 Å². The first-order valence-electron chi connectivity index (χ1n) is 9.61. The third-order valence-electron chi connectivity index (χ3n) is 4.59. The standard InChI is InChI=1S/C23H19N3O4S/c27-20(16-7-2-1-3-8-16)13-24-21(28)15-31-23-25-19-11-5-4-10-18(19)22(29)26(23)14-17-9-6-12-30-17/h1-12H,13-15H2,(H,24,28). The molecule has 4 aromatic rings. The number of rotatable bonds is 8. The van der Waals surface area contributed by atoms with E-state index in [4.69, 9.17) is 4.42 Å². The highest BCUT2D eigenvalue weighted by Gasteiger charge is 2.15. The molecule has 0 bridgehead atoms. The fourth-order valence-electron chi connectivity index (χ4n) is 3.04. The number of amides is 1. The Balaban J connectivity index is 1.48. The molecule has 0 aliphatic heterocycles. The van der Waals surface area contributed by atoms with Crippen LogP contribution >= 0.6 is 11.8 Å². The molecule has 0 saturated carbocycles. The number of ketones is 1. The first-order chi connectivity index (χ1) is 15.1. The topological polar surface area (TPSA) is 94.2 Å². The second kappa shape index (κ2) is 9.44. The lowest BCUT2D eigenvalue weighted by Crippen LogP contribution is -2.31. The van der Waals surface area contributed by atoms with Crippen molar-refractivity contribution in [3.05, 3.63) is 94.7 Å². The molecule has 156 valence electrons. The Bertz CT molecular complexity index is 1270. The Morgan fingerprint density at radius 3 is 2.55 bits per heavy atom. The van der Waals surface area contributed by atoms with Crippen molar-refractivity contribution in [3.8, 4) is 0 Å². The van der Waals surface area contributed by atoms with Crippen molar-refractivity contribution in [2.75, 3.05) is 12.3 Å². The molecule has 2 aromatic heterocycles. The quantitative estimate of drug-likeness (QED) is 0.261. The van der Waals surface area contributed by atoms with Gasteiger partial charge < -0.3 is 9.73 Å². The molecule has 1 amide bonds.